The van der Waals surface area contributed by atoms with Crippen molar-refractivity contribution in [3.63, 3.8) is 0 Å². The number of hydrogen-bond acceptors (Lipinski definition) is 0. The Bertz CT molecular complexity index is 35.3. The molecule has 0 spiro atoms. The fourth-order valence-electron chi connectivity index (χ4n) is 0.236. The van der Waals surface area contributed by atoms with Crippen LogP contribution in [0.1, 0.15) is 54.4 Å². The van der Waals surface area contributed by atoms with Crippen molar-refractivity contribution in [3.8, 4) is 0 Å². The van der Waals surface area contributed by atoms with Crippen LogP contribution in [0.25, 0.3) is 0 Å². The molecule has 0 aromatic carbocycles. The minimum absolute atomic E-state index is 1.16. The summed E-state index contributed by atoms with van der Waals surface area (Å²) < 4.78 is 0. The Labute approximate surface area is 67.3 Å². The van der Waals surface area contributed by atoms with Gasteiger partial charge in [0.15, 0.2) is 0 Å². The van der Waals surface area contributed by atoms with Gasteiger partial charge < -0.3 is 0 Å². The summed E-state index contributed by atoms with van der Waals surface area (Å²) in [4.78, 5) is 0. The molecule has 0 rings (SSSR count). The van der Waals surface area contributed by atoms with E-state index in [0.29, 0.717) is 0 Å². The molecule has 0 radical (unpaired) electrons. The number of allylic oxidation sites excluding steroid dienone is 2. The van der Waals surface area contributed by atoms with Gasteiger partial charge in [0.1, 0.15) is 0 Å². The second kappa shape index (κ2) is 37.4. The van der Waals surface area contributed by atoms with Crippen LogP contribution in [0, 0.1) is 0 Å². The summed E-state index contributed by atoms with van der Waals surface area (Å²) in [6.45, 7) is 12.4. The monoisotopic (exact) mass is 144 g/mol. The first-order valence-electron chi connectivity index (χ1n) is 4.44. The van der Waals surface area contributed by atoms with Crippen molar-refractivity contribution < 1.29 is 0 Å². The summed E-state index contributed by atoms with van der Waals surface area (Å²) in [5.41, 5.74) is 0. The lowest BCUT2D eigenvalue weighted by atomic mass is 10.4. The number of rotatable bonds is 1. The maximum Gasteiger partial charge on any atom is -0.0379 e. The molecule has 0 heteroatoms. The van der Waals surface area contributed by atoms with Crippen LogP contribution in [0.4, 0.5) is 0 Å². The van der Waals surface area contributed by atoms with Gasteiger partial charge in [-0.25, -0.2) is 0 Å². The van der Waals surface area contributed by atoms with Crippen molar-refractivity contribution in [1.29, 1.82) is 0 Å². The van der Waals surface area contributed by atoms with E-state index in [1.807, 2.05) is 20.8 Å². The molecule has 0 unspecified atom stereocenters. The molecule has 0 saturated carbocycles. The third-order valence-electron chi connectivity index (χ3n) is 0.471. The first-order valence-corrected chi connectivity index (χ1v) is 4.44. The van der Waals surface area contributed by atoms with Gasteiger partial charge in [-0.15, -0.1) is 0 Å². The van der Waals surface area contributed by atoms with Crippen LogP contribution in [0.2, 0.25) is 0 Å². The molecule has 0 aliphatic carbocycles. The Kier molecular flexibility index (Phi) is 61.3. The van der Waals surface area contributed by atoms with Crippen molar-refractivity contribution in [2.24, 2.45) is 0 Å². The molecule has 0 nitrogen and oxygen atoms in total. The molecular formula is C10H24. The fourth-order valence-corrected chi connectivity index (χ4v) is 0.236. The molecule has 10 heavy (non-hydrogen) atoms. The SMILES string of the molecule is CC.CC=CCC.CCC. The van der Waals surface area contributed by atoms with Gasteiger partial charge >= 0.3 is 0 Å². The van der Waals surface area contributed by atoms with Crippen molar-refractivity contribution in [2.45, 2.75) is 54.4 Å². The maximum atomic E-state index is 2.12. The van der Waals surface area contributed by atoms with Gasteiger partial charge in [-0.05, 0) is 13.3 Å². The van der Waals surface area contributed by atoms with Gasteiger partial charge in [-0.3, -0.25) is 0 Å². The van der Waals surface area contributed by atoms with Crippen molar-refractivity contribution in [3.05, 3.63) is 12.2 Å². The molecular weight excluding hydrogens is 120 g/mol. The van der Waals surface area contributed by atoms with E-state index in [4.69, 9.17) is 0 Å². The van der Waals surface area contributed by atoms with Crippen molar-refractivity contribution in [1.82, 2.24) is 0 Å². The fraction of sp³-hybridized carbons (Fsp3) is 0.800. The van der Waals surface area contributed by atoms with Crippen LogP contribution in [0.3, 0.4) is 0 Å². The van der Waals surface area contributed by atoms with Crippen LogP contribution in [0.5, 0.6) is 0 Å². The predicted molar refractivity (Wildman–Crippen MR) is 52.4 cm³/mol. The molecule has 0 fully saturated rings. The second-order valence-electron chi connectivity index (χ2n) is 1.68. The Balaban J connectivity index is -0.0000000847. The molecule has 64 valence electrons. The van der Waals surface area contributed by atoms with E-state index in [9.17, 15) is 0 Å². The van der Waals surface area contributed by atoms with E-state index in [1.54, 1.807) is 0 Å². The van der Waals surface area contributed by atoms with E-state index in [-0.39, 0.29) is 0 Å². The zero-order valence-corrected chi connectivity index (χ0v) is 8.57. The largest absolute Gasteiger partial charge is 0.0917 e. The first kappa shape index (κ1) is 16.4. The molecule has 0 aromatic heterocycles. The highest BCUT2D eigenvalue weighted by Crippen LogP contribution is 1.73. The molecule has 0 saturated heterocycles. The summed E-state index contributed by atoms with van der Waals surface area (Å²) in [5.74, 6) is 0. The highest BCUT2D eigenvalue weighted by molar-refractivity contribution is 4.73. The Morgan fingerprint density at radius 1 is 1.00 bits per heavy atom. The zero-order chi connectivity index (χ0) is 8.83. The van der Waals surface area contributed by atoms with Crippen LogP contribution in [0.15, 0.2) is 12.2 Å². The van der Waals surface area contributed by atoms with Gasteiger partial charge in [-0.1, -0.05) is 53.2 Å². The molecule has 0 heterocycles. The predicted octanol–water partition coefficient (Wildman–Crippen LogP) is 4.42. The Hall–Kier alpha value is -0.260. The van der Waals surface area contributed by atoms with Gasteiger partial charge in [0, 0.05) is 0 Å². The quantitative estimate of drug-likeness (QED) is 0.478. The van der Waals surface area contributed by atoms with Crippen molar-refractivity contribution in [2.75, 3.05) is 0 Å². The molecule has 0 aromatic rings. The minimum Gasteiger partial charge on any atom is -0.0917 e. The Morgan fingerprint density at radius 2 is 1.30 bits per heavy atom. The summed E-state index contributed by atoms with van der Waals surface area (Å²) in [6, 6.07) is 0. The molecule has 0 amide bonds. The maximum absolute atomic E-state index is 2.12. The van der Waals surface area contributed by atoms with E-state index >= 15 is 0 Å². The summed E-state index contributed by atoms with van der Waals surface area (Å²) in [7, 11) is 0. The average Bonchev–Trinajstić information content (AvgIpc) is 1.96. The Morgan fingerprint density at radius 3 is 1.30 bits per heavy atom. The van der Waals surface area contributed by atoms with Gasteiger partial charge in [-0.2, -0.15) is 0 Å². The number of hydrogen-bond donors (Lipinski definition) is 0. The van der Waals surface area contributed by atoms with Gasteiger partial charge in [0.25, 0.3) is 0 Å². The van der Waals surface area contributed by atoms with Crippen LogP contribution >= 0.6 is 0 Å². The highest BCUT2D eigenvalue weighted by atomic mass is 13.6. The zero-order valence-electron chi connectivity index (χ0n) is 8.57. The van der Waals surface area contributed by atoms with Crippen LogP contribution < -0.4 is 0 Å². The van der Waals surface area contributed by atoms with Crippen LogP contribution in [-0.2, 0) is 0 Å². The van der Waals surface area contributed by atoms with E-state index in [0.717, 1.165) is 6.42 Å². The lowest BCUT2D eigenvalue weighted by Gasteiger charge is -1.65. The lowest BCUT2D eigenvalue weighted by Crippen LogP contribution is -1.43. The molecule has 0 atom stereocenters. The second-order valence-corrected chi connectivity index (χ2v) is 1.68. The van der Waals surface area contributed by atoms with E-state index in [2.05, 4.69) is 32.9 Å². The lowest BCUT2D eigenvalue weighted by molar-refractivity contribution is 1.09. The van der Waals surface area contributed by atoms with E-state index in [1.165, 1.54) is 6.42 Å². The smallest absolute Gasteiger partial charge is 0.0379 e. The standard InChI is InChI=1S/C5H10.C3H8.C2H6/c1-3-5-4-2;1-3-2;1-2/h3,5H,4H2,1-2H3;3H2,1-2H3;1-2H3. The highest BCUT2D eigenvalue weighted by Gasteiger charge is 1.52. The average molecular weight is 144 g/mol. The minimum atomic E-state index is 1.16. The summed E-state index contributed by atoms with van der Waals surface area (Å²) in [5, 5.41) is 0. The molecule has 0 aliphatic rings. The molecule has 0 aliphatic heterocycles. The topological polar surface area (TPSA) is 0 Å². The van der Waals surface area contributed by atoms with Crippen molar-refractivity contribution >= 4 is 0 Å². The molecule has 0 bridgehead atoms. The van der Waals surface area contributed by atoms with Gasteiger partial charge in [0.05, 0.1) is 0 Å². The van der Waals surface area contributed by atoms with Crippen LogP contribution in [-0.4, -0.2) is 0 Å². The molecule has 0 N–H and O–H groups in total. The van der Waals surface area contributed by atoms with Gasteiger partial charge in [0.2, 0.25) is 0 Å². The van der Waals surface area contributed by atoms with E-state index < -0.39 is 0 Å². The third kappa shape index (κ3) is 116. The summed E-state index contributed by atoms with van der Waals surface area (Å²) >= 11 is 0. The third-order valence-corrected chi connectivity index (χ3v) is 0.471. The normalized spacial score (nSPS) is 7.40. The first-order chi connectivity index (χ1) is 4.83. The summed E-state index contributed by atoms with van der Waals surface area (Å²) in [6.07, 6.45) is 6.59.